The summed E-state index contributed by atoms with van der Waals surface area (Å²) in [6.45, 7) is 0.467. The van der Waals surface area contributed by atoms with Crippen LogP contribution < -0.4 is 16.4 Å². The molecule has 2 saturated carbocycles. The fraction of sp³-hybridized carbons (Fsp3) is 0.882. The lowest BCUT2D eigenvalue weighted by atomic mass is 9.78. The van der Waals surface area contributed by atoms with Crippen LogP contribution in [0.5, 0.6) is 0 Å². The summed E-state index contributed by atoms with van der Waals surface area (Å²) in [6, 6.07) is -0.310. The Morgan fingerprint density at radius 3 is 2.20 bits per heavy atom. The molecule has 4 unspecified atom stereocenters. The Bertz CT molecular complexity index is 617. The Morgan fingerprint density at radius 2 is 1.64 bits per heavy atom. The number of nitrogens with two attached hydrogens (primary N) is 1. The van der Waals surface area contributed by atoms with Crippen molar-refractivity contribution in [2.24, 2.45) is 23.5 Å². The molecule has 3 fully saturated rings. The van der Waals surface area contributed by atoms with Gasteiger partial charge in [-0.25, -0.2) is 8.42 Å². The fourth-order valence-electron chi connectivity index (χ4n) is 4.02. The van der Waals surface area contributed by atoms with Gasteiger partial charge in [-0.3, -0.25) is 9.59 Å². The summed E-state index contributed by atoms with van der Waals surface area (Å²) < 4.78 is 23.1. The number of carbonyl (C=O) groups is 2. The summed E-state index contributed by atoms with van der Waals surface area (Å²) in [5.74, 6) is -0.296. The second-order valence-corrected chi connectivity index (χ2v) is 10.1. The summed E-state index contributed by atoms with van der Waals surface area (Å²) in [4.78, 5) is 25.2. The second kappa shape index (κ2) is 7.61. The molecular weight excluding hydrogens is 342 g/mol. The standard InChI is InChI=1S/C17H29N3O4S/c18-15(11-5-6-11)9-19-16(21)13-3-1-2-4-14(13)17(22)20-12-7-8-25(23,24)10-12/h11-15H,1-10,18H2,(H,19,21)(H,20,22). The normalized spacial score (nSPS) is 32.8. The van der Waals surface area contributed by atoms with Crippen LogP contribution in [0.25, 0.3) is 0 Å². The van der Waals surface area contributed by atoms with Gasteiger partial charge in [-0.2, -0.15) is 0 Å². The van der Waals surface area contributed by atoms with E-state index in [2.05, 4.69) is 10.6 Å². The van der Waals surface area contributed by atoms with Gasteiger partial charge in [-0.05, 0) is 38.0 Å². The summed E-state index contributed by atoms with van der Waals surface area (Å²) in [7, 11) is -3.03. The molecule has 2 amide bonds. The highest BCUT2D eigenvalue weighted by atomic mass is 32.2. The van der Waals surface area contributed by atoms with Crippen LogP contribution in [0.15, 0.2) is 0 Å². The van der Waals surface area contributed by atoms with E-state index >= 15 is 0 Å². The van der Waals surface area contributed by atoms with Gasteiger partial charge < -0.3 is 16.4 Å². The third kappa shape index (κ3) is 4.94. The molecule has 3 rings (SSSR count). The zero-order valence-corrected chi connectivity index (χ0v) is 15.4. The van der Waals surface area contributed by atoms with Crippen LogP contribution in [0.4, 0.5) is 0 Å². The van der Waals surface area contributed by atoms with Crippen molar-refractivity contribution in [2.45, 2.75) is 57.0 Å². The van der Waals surface area contributed by atoms with Crippen LogP contribution in [0.1, 0.15) is 44.9 Å². The summed E-state index contributed by atoms with van der Waals surface area (Å²) in [5, 5.41) is 5.78. The van der Waals surface area contributed by atoms with Crippen molar-refractivity contribution in [1.82, 2.24) is 10.6 Å². The van der Waals surface area contributed by atoms with Gasteiger partial charge >= 0.3 is 0 Å². The van der Waals surface area contributed by atoms with Gasteiger partial charge in [0.25, 0.3) is 0 Å². The summed E-state index contributed by atoms with van der Waals surface area (Å²) in [6.07, 6.45) is 5.98. The number of rotatable bonds is 6. The van der Waals surface area contributed by atoms with Gasteiger partial charge in [-0.1, -0.05) is 12.8 Å². The van der Waals surface area contributed by atoms with Crippen LogP contribution >= 0.6 is 0 Å². The minimum atomic E-state index is -3.03. The minimum Gasteiger partial charge on any atom is -0.354 e. The SMILES string of the molecule is NC(CNC(=O)C1CCCCC1C(=O)NC1CCS(=O)(=O)C1)C1CC1. The van der Waals surface area contributed by atoms with Crippen molar-refractivity contribution in [1.29, 1.82) is 0 Å². The molecule has 0 aromatic heterocycles. The molecule has 3 aliphatic rings. The van der Waals surface area contributed by atoms with Crippen LogP contribution in [-0.2, 0) is 19.4 Å². The van der Waals surface area contributed by atoms with Crippen molar-refractivity contribution >= 4 is 21.7 Å². The third-order valence-corrected chi connectivity index (χ3v) is 7.53. The van der Waals surface area contributed by atoms with Crippen LogP contribution in [0.2, 0.25) is 0 Å². The molecule has 0 aromatic carbocycles. The monoisotopic (exact) mass is 371 g/mol. The molecule has 0 spiro atoms. The number of hydrogen-bond donors (Lipinski definition) is 3. The molecule has 4 N–H and O–H groups in total. The van der Waals surface area contributed by atoms with Crippen molar-refractivity contribution < 1.29 is 18.0 Å². The maximum Gasteiger partial charge on any atom is 0.224 e. The molecule has 0 bridgehead atoms. The van der Waals surface area contributed by atoms with Gasteiger partial charge in [-0.15, -0.1) is 0 Å². The molecule has 25 heavy (non-hydrogen) atoms. The maximum absolute atomic E-state index is 12.6. The predicted octanol–water partition coefficient (Wildman–Crippen LogP) is -0.0504. The van der Waals surface area contributed by atoms with Crippen molar-refractivity contribution in [3.8, 4) is 0 Å². The molecule has 2 aliphatic carbocycles. The first-order valence-electron chi connectivity index (χ1n) is 9.40. The van der Waals surface area contributed by atoms with E-state index < -0.39 is 9.84 Å². The highest BCUT2D eigenvalue weighted by Crippen LogP contribution is 2.32. The van der Waals surface area contributed by atoms with E-state index in [1.165, 1.54) is 0 Å². The van der Waals surface area contributed by atoms with E-state index in [0.29, 0.717) is 31.7 Å². The van der Waals surface area contributed by atoms with E-state index in [-0.39, 0.29) is 47.2 Å². The smallest absolute Gasteiger partial charge is 0.224 e. The molecule has 0 aromatic rings. The quantitative estimate of drug-likeness (QED) is 0.605. The topological polar surface area (TPSA) is 118 Å². The molecular formula is C17H29N3O4S. The number of nitrogens with one attached hydrogen (secondary N) is 2. The van der Waals surface area contributed by atoms with Gasteiger partial charge in [0.05, 0.1) is 11.5 Å². The van der Waals surface area contributed by atoms with E-state index in [1.54, 1.807) is 0 Å². The zero-order valence-electron chi connectivity index (χ0n) is 14.6. The molecule has 142 valence electrons. The highest BCUT2D eigenvalue weighted by Gasteiger charge is 2.38. The number of sulfone groups is 1. The summed E-state index contributed by atoms with van der Waals surface area (Å²) in [5.41, 5.74) is 6.03. The second-order valence-electron chi connectivity index (χ2n) is 7.85. The Hall–Kier alpha value is -1.15. The molecule has 1 aliphatic heterocycles. The first kappa shape index (κ1) is 18.6. The van der Waals surface area contributed by atoms with E-state index in [1.807, 2.05) is 0 Å². The largest absolute Gasteiger partial charge is 0.354 e. The Kier molecular flexibility index (Phi) is 5.68. The molecule has 0 radical (unpaired) electrons. The maximum atomic E-state index is 12.6. The molecule has 7 nitrogen and oxygen atoms in total. The first-order valence-corrected chi connectivity index (χ1v) is 11.2. The fourth-order valence-corrected chi connectivity index (χ4v) is 5.69. The van der Waals surface area contributed by atoms with Gasteiger partial charge in [0.1, 0.15) is 0 Å². The first-order chi connectivity index (χ1) is 11.9. The molecule has 1 heterocycles. The van der Waals surface area contributed by atoms with Crippen molar-refractivity contribution in [3.63, 3.8) is 0 Å². The molecule has 1 saturated heterocycles. The highest BCUT2D eigenvalue weighted by molar-refractivity contribution is 7.91. The van der Waals surface area contributed by atoms with E-state index in [4.69, 9.17) is 5.73 Å². The third-order valence-electron chi connectivity index (χ3n) is 5.76. The Morgan fingerprint density at radius 1 is 1.00 bits per heavy atom. The zero-order chi connectivity index (χ0) is 18.0. The van der Waals surface area contributed by atoms with Crippen LogP contribution in [0, 0.1) is 17.8 Å². The van der Waals surface area contributed by atoms with Gasteiger partial charge in [0.2, 0.25) is 11.8 Å². The number of hydrogen-bond acceptors (Lipinski definition) is 5. The van der Waals surface area contributed by atoms with Crippen molar-refractivity contribution in [3.05, 3.63) is 0 Å². The lowest BCUT2D eigenvalue weighted by molar-refractivity contribution is -0.137. The predicted molar refractivity (Wildman–Crippen MR) is 94.4 cm³/mol. The summed E-state index contributed by atoms with van der Waals surface area (Å²) >= 11 is 0. The lowest BCUT2D eigenvalue weighted by Crippen LogP contribution is -2.48. The minimum absolute atomic E-state index is 0.00325. The Labute approximate surface area is 149 Å². The van der Waals surface area contributed by atoms with Gasteiger partial charge in [0.15, 0.2) is 9.84 Å². The molecule has 8 heteroatoms. The van der Waals surface area contributed by atoms with E-state index in [9.17, 15) is 18.0 Å². The van der Waals surface area contributed by atoms with Crippen LogP contribution in [-0.4, -0.2) is 50.4 Å². The molecule has 4 atom stereocenters. The average Bonchev–Trinajstić information content (AvgIpc) is 3.37. The Balaban J connectivity index is 1.54. The lowest BCUT2D eigenvalue weighted by Gasteiger charge is -2.30. The van der Waals surface area contributed by atoms with E-state index in [0.717, 1.165) is 25.7 Å². The average molecular weight is 372 g/mol. The number of carbonyl (C=O) groups excluding carboxylic acids is 2. The van der Waals surface area contributed by atoms with Crippen molar-refractivity contribution in [2.75, 3.05) is 18.1 Å². The van der Waals surface area contributed by atoms with Crippen LogP contribution in [0.3, 0.4) is 0 Å². The van der Waals surface area contributed by atoms with Gasteiger partial charge in [0, 0.05) is 30.5 Å². The number of amides is 2.